The van der Waals surface area contributed by atoms with Gasteiger partial charge in [-0.25, -0.2) is 0 Å². The molecule has 0 atom stereocenters. The highest BCUT2D eigenvalue weighted by molar-refractivity contribution is 6.20. The number of rotatable bonds is 2. The maximum Gasteiger partial charge on any atom is 0.193 e. The van der Waals surface area contributed by atoms with Gasteiger partial charge in [-0.3, -0.25) is 4.79 Å². The number of carbonyl (C=O) groups is 1. The molecule has 1 nitrogen and oxygen atoms in total. The summed E-state index contributed by atoms with van der Waals surface area (Å²) in [6.45, 7) is 11.1. The van der Waals surface area contributed by atoms with Crippen LogP contribution in [0.3, 0.4) is 0 Å². The van der Waals surface area contributed by atoms with E-state index in [4.69, 9.17) is 0 Å². The smallest absolute Gasteiger partial charge is 0.193 e. The molecule has 1 saturated carbocycles. The Bertz CT molecular complexity index is 454. The highest BCUT2D eigenvalue weighted by atomic mass is 16.1. The van der Waals surface area contributed by atoms with Crippen LogP contribution in [-0.2, 0) is 4.79 Å². The molecule has 0 bridgehead atoms. The third kappa shape index (κ3) is 1.89. The minimum absolute atomic E-state index is 0.0589. The van der Waals surface area contributed by atoms with Gasteiger partial charge < -0.3 is 0 Å². The Labute approximate surface area is 96.9 Å². The van der Waals surface area contributed by atoms with E-state index in [1.807, 2.05) is 32.1 Å². The van der Waals surface area contributed by atoms with Crippen molar-refractivity contribution in [3.63, 3.8) is 0 Å². The molecule has 0 aliphatic heterocycles. The molecule has 0 spiro atoms. The SMILES string of the molecule is C=C/C=C1/C(=C/C)/C(=C\C)C(=O)/C1=C/C=C. The molecule has 1 aliphatic rings. The Morgan fingerprint density at radius 3 is 1.75 bits per heavy atom. The maximum atomic E-state index is 12.1. The lowest BCUT2D eigenvalue weighted by Gasteiger charge is -1.98. The first-order valence-electron chi connectivity index (χ1n) is 5.25. The Kier molecular flexibility index (Phi) is 4.01. The molecule has 0 N–H and O–H groups in total. The number of hydrogen-bond donors (Lipinski definition) is 0. The average molecular weight is 212 g/mol. The van der Waals surface area contributed by atoms with E-state index in [0.717, 1.165) is 16.7 Å². The molecule has 0 unspecified atom stereocenters. The monoisotopic (exact) mass is 212 g/mol. The lowest BCUT2D eigenvalue weighted by Crippen LogP contribution is -1.95. The third-order valence-corrected chi connectivity index (χ3v) is 2.51. The topological polar surface area (TPSA) is 17.1 Å². The minimum Gasteiger partial charge on any atom is -0.289 e. The largest absolute Gasteiger partial charge is 0.289 e. The van der Waals surface area contributed by atoms with Crippen LogP contribution in [0.5, 0.6) is 0 Å². The zero-order valence-electron chi connectivity index (χ0n) is 9.79. The van der Waals surface area contributed by atoms with Crippen LogP contribution < -0.4 is 0 Å². The molecule has 1 fully saturated rings. The molecule has 0 aromatic carbocycles. The Morgan fingerprint density at radius 2 is 1.31 bits per heavy atom. The van der Waals surface area contributed by atoms with E-state index in [1.165, 1.54) is 0 Å². The molecular weight excluding hydrogens is 196 g/mol. The zero-order valence-corrected chi connectivity index (χ0v) is 9.79. The normalized spacial score (nSPS) is 26.0. The quantitative estimate of drug-likeness (QED) is 0.638. The van der Waals surface area contributed by atoms with Crippen molar-refractivity contribution in [2.45, 2.75) is 13.8 Å². The second kappa shape index (κ2) is 5.26. The van der Waals surface area contributed by atoms with Gasteiger partial charge in [0.05, 0.1) is 0 Å². The summed E-state index contributed by atoms with van der Waals surface area (Å²) in [5.74, 6) is 0.0589. The predicted octanol–water partition coefficient (Wildman–Crippen LogP) is 3.69. The summed E-state index contributed by atoms with van der Waals surface area (Å²) in [6.07, 6.45) is 10.7. The van der Waals surface area contributed by atoms with Gasteiger partial charge in [-0.05, 0) is 25.0 Å². The first-order chi connectivity index (χ1) is 7.71. The van der Waals surface area contributed by atoms with Gasteiger partial charge in [-0.15, -0.1) is 0 Å². The molecule has 0 radical (unpaired) electrons. The summed E-state index contributed by atoms with van der Waals surface area (Å²) in [7, 11) is 0. The van der Waals surface area contributed by atoms with Gasteiger partial charge in [0.25, 0.3) is 0 Å². The van der Waals surface area contributed by atoms with Crippen molar-refractivity contribution >= 4 is 5.78 Å². The lowest BCUT2D eigenvalue weighted by atomic mass is 10.0. The first kappa shape index (κ1) is 12.2. The minimum atomic E-state index is 0.0589. The zero-order chi connectivity index (χ0) is 12.1. The highest BCUT2D eigenvalue weighted by Gasteiger charge is 2.30. The summed E-state index contributed by atoms with van der Waals surface area (Å²) in [4.78, 5) is 12.1. The Morgan fingerprint density at radius 1 is 0.812 bits per heavy atom. The molecule has 1 aliphatic carbocycles. The first-order valence-corrected chi connectivity index (χ1v) is 5.25. The molecule has 1 heteroatoms. The standard InChI is InChI=1S/C15H16O/c1-5-9-13-11(7-3)12(8-4)15(16)14(13)10-6-2/h5-10H,1-2H2,3-4H3/b11-7+,12-8+,13-9-,14-10+. The molecule has 0 aromatic heterocycles. The maximum absolute atomic E-state index is 12.1. The summed E-state index contributed by atoms with van der Waals surface area (Å²) in [6, 6.07) is 0. The fourth-order valence-electron chi connectivity index (χ4n) is 1.86. The van der Waals surface area contributed by atoms with Gasteiger partial charge in [0, 0.05) is 11.1 Å². The van der Waals surface area contributed by atoms with Crippen molar-refractivity contribution < 1.29 is 4.79 Å². The summed E-state index contributed by atoms with van der Waals surface area (Å²) < 4.78 is 0. The van der Waals surface area contributed by atoms with Gasteiger partial charge in [-0.2, -0.15) is 0 Å². The van der Waals surface area contributed by atoms with E-state index >= 15 is 0 Å². The van der Waals surface area contributed by atoms with Crippen molar-refractivity contribution in [2.75, 3.05) is 0 Å². The molecule has 0 aromatic rings. The van der Waals surface area contributed by atoms with Crippen molar-refractivity contribution in [3.8, 4) is 0 Å². The summed E-state index contributed by atoms with van der Waals surface area (Å²) in [5, 5.41) is 0. The number of Topliss-reactive ketones (excluding diaryl/α,β-unsaturated/α-hetero) is 1. The van der Waals surface area contributed by atoms with Gasteiger partial charge in [0.2, 0.25) is 0 Å². The van der Waals surface area contributed by atoms with E-state index in [9.17, 15) is 4.79 Å². The molecule has 82 valence electrons. The van der Waals surface area contributed by atoms with Crippen LogP contribution in [-0.4, -0.2) is 5.78 Å². The Hall–Kier alpha value is -1.89. The fraction of sp³-hybridized carbons (Fsp3) is 0.133. The summed E-state index contributed by atoms with van der Waals surface area (Å²) >= 11 is 0. The van der Waals surface area contributed by atoms with Crippen molar-refractivity contribution in [1.82, 2.24) is 0 Å². The molecule has 16 heavy (non-hydrogen) atoms. The van der Waals surface area contributed by atoms with Crippen LogP contribution in [0, 0.1) is 0 Å². The van der Waals surface area contributed by atoms with Crippen LogP contribution in [0.15, 0.2) is 71.9 Å². The van der Waals surface area contributed by atoms with Crippen LogP contribution in [0.25, 0.3) is 0 Å². The number of ketones is 1. The highest BCUT2D eigenvalue weighted by Crippen LogP contribution is 2.37. The van der Waals surface area contributed by atoms with Crippen molar-refractivity contribution in [3.05, 3.63) is 71.9 Å². The van der Waals surface area contributed by atoms with E-state index in [1.54, 1.807) is 18.2 Å². The second-order valence-electron chi connectivity index (χ2n) is 3.37. The molecule has 1 rings (SSSR count). The van der Waals surface area contributed by atoms with Gasteiger partial charge in [0.15, 0.2) is 5.78 Å². The lowest BCUT2D eigenvalue weighted by molar-refractivity contribution is -0.111. The van der Waals surface area contributed by atoms with Crippen LogP contribution in [0.4, 0.5) is 0 Å². The second-order valence-corrected chi connectivity index (χ2v) is 3.37. The van der Waals surface area contributed by atoms with Crippen molar-refractivity contribution in [1.29, 1.82) is 0 Å². The van der Waals surface area contributed by atoms with E-state index < -0.39 is 0 Å². The van der Waals surface area contributed by atoms with Gasteiger partial charge >= 0.3 is 0 Å². The van der Waals surface area contributed by atoms with Gasteiger partial charge in [0.1, 0.15) is 0 Å². The predicted molar refractivity (Wildman–Crippen MR) is 69.1 cm³/mol. The molecule has 0 saturated heterocycles. The van der Waals surface area contributed by atoms with Crippen LogP contribution in [0.2, 0.25) is 0 Å². The van der Waals surface area contributed by atoms with E-state index in [2.05, 4.69) is 13.2 Å². The van der Waals surface area contributed by atoms with Crippen molar-refractivity contribution in [2.24, 2.45) is 0 Å². The van der Waals surface area contributed by atoms with E-state index in [0.29, 0.717) is 5.57 Å². The molecule has 0 amide bonds. The van der Waals surface area contributed by atoms with Crippen LogP contribution >= 0.6 is 0 Å². The molecule has 0 heterocycles. The number of hydrogen-bond acceptors (Lipinski definition) is 1. The number of carbonyl (C=O) groups excluding carboxylic acids is 1. The van der Waals surface area contributed by atoms with Gasteiger partial charge in [-0.1, -0.05) is 49.6 Å². The summed E-state index contributed by atoms with van der Waals surface area (Å²) in [5.41, 5.74) is 3.34. The van der Waals surface area contributed by atoms with E-state index in [-0.39, 0.29) is 5.78 Å². The third-order valence-electron chi connectivity index (χ3n) is 2.51. The average Bonchev–Trinajstić information content (AvgIpc) is 2.53. The van der Waals surface area contributed by atoms with Crippen LogP contribution in [0.1, 0.15) is 13.8 Å². The molecular formula is C15H16O. The Balaban J connectivity index is 3.50. The fourth-order valence-corrected chi connectivity index (χ4v) is 1.86. The number of allylic oxidation sites excluding steroid dienone is 10.